The van der Waals surface area contributed by atoms with Crippen LogP contribution in [0.15, 0.2) is 72.8 Å². The average Bonchev–Trinajstić information content (AvgIpc) is 3.11. The van der Waals surface area contributed by atoms with E-state index in [4.69, 9.17) is 0 Å². The van der Waals surface area contributed by atoms with Gasteiger partial charge in [0.15, 0.2) is 0 Å². The van der Waals surface area contributed by atoms with Gasteiger partial charge >= 0.3 is 0 Å². The van der Waals surface area contributed by atoms with Gasteiger partial charge in [0.05, 0.1) is 0 Å². The Morgan fingerprint density at radius 3 is 2.37 bits per heavy atom. The van der Waals surface area contributed by atoms with Crippen LogP contribution in [0.4, 0.5) is 15.8 Å². The lowest BCUT2D eigenvalue weighted by molar-refractivity contribution is 0.0987. The van der Waals surface area contributed by atoms with Crippen molar-refractivity contribution in [3.63, 3.8) is 0 Å². The van der Waals surface area contributed by atoms with E-state index < -0.39 is 0 Å². The number of halogens is 1. The molecule has 1 aliphatic rings. The number of anilines is 2. The molecule has 5 heteroatoms. The first kappa shape index (κ1) is 17.0. The third-order valence-corrected chi connectivity index (χ3v) is 4.61. The highest BCUT2D eigenvalue weighted by atomic mass is 19.1. The summed E-state index contributed by atoms with van der Waals surface area (Å²) in [5.41, 5.74) is 3.56. The number of carbonyl (C=O) groups excluding carboxylic acids is 2. The smallest absolute Gasteiger partial charge is 0.258 e. The van der Waals surface area contributed by atoms with Crippen LogP contribution < -0.4 is 10.2 Å². The minimum absolute atomic E-state index is 0.0301. The summed E-state index contributed by atoms with van der Waals surface area (Å²) in [6.07, 6.45) is 0.730. The topological polar surface area (TPSA) is 49.4 Å². The molecule has 0 bridgehead atoms. The fourth-order valence-corrected chi connectivity index (χ4v) is 3.23. The zero-order valence-corrected chi connectivity index (χ0v) is 14.5. The molecule has 4 rings (SSSR count). The largest absolute Gasteiger partial charge is 0.322 e. The van der Waals surface area contributed by atoms with Crippen molar-refractivity contribution in [2.75, 3.05) is 16.8 Å². The van der Waals surface area contributed by atoms with Crippen LogP contribution in [0.3, 0.4) is 0 Å². The second-order valence-electron chi connectivity index (χ2n) is 6.38. The molecule has 0 saturated heterocycles. The summed E-state index contributed by atoms with van der Waals surface area (Å²) in [5, 5.41) is 2.82. The molecule has 3 aromatic carbocycles. The lowest BCUT2D eigenvalue weighted by atomic mass is 10.1. The molecule has 4 nitrogen and oxygen atoms in total. The first-order valence-corrected chi connectivity index (χ1v) is 8.68. The van der Waals surface area contributed by atoms with Gasteiger partial charge in [-0.15, -0.1) is 0 Å². The molecule has 0 aromatic heterocycles. The molecule has 0 fully saturated rings. The maximum absolute atomic E-state index is 13.0. The zero-order valence-electron chi connectivity index (χ0n) is 14.5. The van der Waals surface area contributed by atoms with Crippen LogP contribution >= 0.6 is 0 Å². The van der Waals surface area contributed by atoms with Crippen molar-refractivity contribution in [1.82, 2.24) is 0 Å². The normalized spacial score (nSPS) is 12.6. The predicted octanol–water partition coefficient (Wildman–Crippen LogP) is 4.28. The fourth-order valence-electron chi connectivity index (χ4n) is 3.23. The van der Waals surface area contributed by atoms with E-state index in [0.717, 1.165) is 17.7 Å². The molecule has 0 spiro atoms. The molecular formula is C22H17FN2O2. The lowest BCUT2D eigenvalue weighted by Gasteiger charge is -2.17. The van der Waals surface area contributed by atoms with Crippen molar-refractivity contribution < 1.29 is 14.0 Å². The molecule has 0 aliphatic carbocycles. The summed E-state index contributed by atoms with van der Waals surface area (Å²) < 4.78 is 13.0. The summed E-state index contributed by atoms with van der Waals surface area (Å²) in [6, 6.07) is 20.1. The van der Waals surface area contributed by atoms with E-state index in [-0.39, 0.29) is 17.6 Å². The molecule has 27 heavy (non-hydrogen) atoms. The van der Waals surface area contributed by atoms with Crippen molar-refractivity contribution >= 4 is 23.2 Å². The van der Waals surface area contributed by atoms with E-state index in [1.54, 1.807) is 23.1 Å². The molecule has 0 saturated carbocycles. The number of hydrogen-bond acceptors (Lipinski definition) is 2. The van der Waals surface area contributed by atoms with E-state index in [9.17, 15) is 14.0 Å². The number of amides is 2. The van der Waals surface area contributed by atoms with Crippen LogP contribution in [0.1, 0.15) is 26.3 Å². The van der Waals surface area contributed by atoms with Crippen molar-refractivity contribution in [1.29, 1.82) is 0 Å². The van der Waals surface area contributed by atoms with E-state index in [1.165, 1.54) is 24.3 Å². The molecule has 0 radical (unpaired) electrons. The van der Waals surface area contributed by atoms with Crippen molar-refractivity contribution in [2.24, 2.45) is 0 Å². The van der Waals surface area contributed by atoms with E-state index in [0.29, 0.717) is 23.4 Å². The molecule has 2 amide bonds. The number of benzene rings is 3. The van der Waals surface area contributed by atoms with Crippen LogP contribution in [0.5, 0.6) is 0 Å². The molecule has 3 aromatic rings. The van der Waals surface area contributed by atoms with Crippen molar-refractivity contribution in [2.45, 2.75) is 6.42 Å². The maximum atomic E-state index is 13.0. The number of carbonyl (C=O) groups is 2. The van der Waals surface area contributed by atoms with Gasteiger partial charge in [0.2, 0.25) is 0 Å². The van der Waals surface area contributed by atoms with Gasteiger partial charge in [0.25, 0.3) is 11.8 Å². The van der Waals surface area contributed by atoms with E-state index in [1.807, 2.05) is 30.3 Å². The number of fused-ring (bicyclic) bond motifs is 1. The predicted molar refractivity (Wildman–Crippen MR) is 103 cm³/mol. The minimum atomic E-state index is -0.382. The van der Waals surface area contributed by atoms with Crippen LogP contribution in [0, 0.1) is 5.82 Å². The van der Waals surface area contributed by atoms with Gasteiger partial charge in [0, 0.05) is 29.0 Å². The second-order valence-corrected chi connectivity index (χ2v) is 6.38. The van der Waals surface area contributed by atoms with Crippen LogP contribution in [0.25, 0.3) is 0 Å². The third-order valence-electron chi connectivity index (χ3n) is 4.61. The summed E-state index contributed by atoms with van der Waals surface area (Å²) in [5.74, 6) is -0.713. The van der Waals surface area contributed by atoms with Crippen LogP contribution in [-0.2, 0) is 6.42 Å². The first-order valence-electron chi connectivity index (χ1n) is 8.68. The van der Waals surface area contributed by atoms with E-state index in [2.05, 4.69) is 5.32 Å². The van der Waals surface area contributed by atoms with Gasteiger partial charge < -0.3 is 10.2 Å². The molecule has 1 aliphatic heterocycles. The Hall–Kier alpha value is -3.47. The van der Waals surface area contributed by atoms with Crippen molar-refractivity contribution in [3.8, 4) is 0 Å². The summed E-state index contributed by atoms with van der Waals surface area (Å²) >= 11 is 0. The zero-order chi connectivity index (χ0) is 18.8. The molecular weight excluding hydrogens is 343 g/mol. The molecule has 0 unspecified atom stereocenters. The third kappa shape index (κ3) is 3.44. The highest BCUT2D eigenvalue weighted by molar-refractivity contribution is 6.08. The number of nitrogens with zero attached hydrogens (tertiary/aromatic N) is 1. The monoisotopic (exact) mass is 360 g/mol. The Labute approximate surface area is 156 Å². The van der Waals surface area contributed by atoms with Gasteiger partial charge in [-0.3, -0.25) is 9.59 Å². The number of nitrogens with one attached hydrogen (secondary N) is 1. The van der Waals surface area contributed by atoms with Gasteiger partial charge in [0.1, 0.15) is 5.82 Å². The van der Waals surface area contributed by atoms with Gasteiger partial charge in [-0.1, -0.05) is 18.2 Å². The van der Waals surface area contributed by atoms with E-state index >= 15 is 0 Å². The Balaban J connectivity index is 1.52. The summed E-state index contributed by atoms with van der Waals surface area (Å²) in [6.45, 7) is 0.610. The minimum Gasteiger partial charge on any atom is -0.322 e. The standard InChI is InChI=1S/C22H17FN2O2/c23-18-8-6-15(7-9-18)21(26)24-19-10-11-20-17(14-19)12-13-25(20)22(27)16-4-2-1-3-5-16/h1-11,14H,12-13H2,(H,24,26). The summed E-state index contributed by atoms with van der Waals surface area (Å²) in [4.78, 5) is 26.8. The highest BCUT2D eigenvalue weighted by Gasteiger charge is 2.25. The number of rotatable bonds is 3. The Morgan fingerprint density at radius 2 is 1.63 bits per heavy atom. The fraction of sp³-hybridized carbons (Fsp3) is 0.0909. The second kappa shape index (κ2) is 7.03. The van der Waals surface area contributed by atoms with Gasteiger partial charge in [-0.05, 0) is 66.6 Å². The average molecular weight is 360 g/mol. The first-order chi connectivity index (χ1) is 13.1. The van der Waals surface area contributed by atoms with Gasteiger partial charge in [-0.25, -0.2) is 4.39 Å². The molecule has 1 heterocycles. The van der Waals surface area contributed by atoms with Crippen LogP contribution in [0.2, 0.25) is 0 Å². The molecule has 134 valence electrons. The molecule has 0 atom stereocenters. The quantitative estimate of drug-likeness (QED) is 0.758. The SMILES string of the molecule is O=C(Nc1ccc2c(c1)CCN2C(=O)c1ccccc1)c1ccc(F)cc1. The maximum Gasteiger partial charge on any atom is 0.258 e. The van der Waals surface area contributed by atoms with Crippen LogP contribution in [-0.4, -0.2) is 18.4 Å². The molecule has 1 N–H and O–H groups in total. The number of hydrogen-bond donors (Lipinski definition) is 1. The Bertz CT molecular complexity index is 1000. The lowest BCUT2D eigenvalue weighted by Crippen LogP contribution is -2.28. The highest BCUT2D eigenvalue weighted by Crippen LogP contribution is 2.31. The Kier molecular flexibility index (Phi) is 4.42. The Morgan fingerprint density at radius 1 is 0.889 bits per heavy atom. The van der Waals surface area contributed by atoms with Gasteiger partial charge in [-0.2, -0.15) is 0 Å². The van der Waals surface area contributed by atoms with Crippen molar-refractivity contribution in [3.05, 3.63) is 95.3 Å². The summed E-state index contributed by atoms with van der Waals surface area (Å²) in [7, 11) is 0.